The molecule has 1 N–H and O–H groups in total. The molecule has 1 saturated heterocycles. The van der Waals surface area contributed by atoms with Gasteiger partial charge in [0.25, 0.3) is 0 Å². The maximum atomic E-state index is 11.3. The van der Waals surface area contributed by atoms with Crippen LogP contribution in [0.15, 0.2) is 0 Å². The average Bonchev–Trinajstić information content (AvgIpc) is 2.83. The Balaban J connectivity index is 1.88. The Bertz CT molecular complexity index is 455. The molecule has 18 heavy (non-hydrogen) atoms. The number of nitrogens with zero attached hydrogens (tertiary/aromatic N) is 2. The van der Waals surface area contributed by atoms with Crippen molar-refractivity contribution in [1.82, 2.24) is 4.98 Å². The summed E-state index contributed by atoms with van der Waals surface area (Å²) in [4.78, 5) is 19.4. The second-order valence-electron chi connectivity index (χ2n) is 4.69. The van der Waals surface area contributed by atoms with E-state index in [9.17, 15) is 9.90 Å². The van der Waals surface area contributed by atoms with Crippen molar-refractivity contribution in [2.75, 3.05) is 29.5 Å². The van der Waals surface area contributed by atoms with Crippen LogP contribution in [0.4, 0.5) is 5.13 Å². The second-order valence-corrected chi connectivity index (χ2v) is 6.97. The third kappa shape index (κ3) is 2.23. The van der Waals surface area contributed by atoms with Gasteiger partial charge < -0.3 is 10.0 Å². The lowest BCUT2D eigenvalue weighted by Gasteiger charge is -2.25. The zero-order valence-electron chi connectivity index (χ0n) is 10.1. The number of rotatable bonds is 2. The molecule has 0 bridgehead atoms. The van der Waals surface area contributed by atoms with Gasteiger partial charge in [0.05, 0.1) is 5.69 Å². The van der Waals surface area contributed by atoms with Crippen LogP contribution in [0.1, 0.15) is 29.3 Å². The first-order valence-corrected chi connectivity index (χ1v) is 8.28. The third-order valence-electron chi connectivity index (χ3n) is 3.52. The highest BCUT2D eigenvalue weighted by molar-refractivity contribution is 7.99. The molecule has 1 fully saturated rings. The maximum Gasteiger partial charge on any atom is 0.312 e. The minimum atomic E-state index is -0.720. The van der Waals surface area contributed by atoms with Gasteiger partial charge in [-0.3, -0.25) is 4.79 Å². The summed E-state index contributed by atoms with van der Waals surface area (Å²) in [7, 11) is 0. The van der Waals surface area contributed by atoms with E-state index in [1.807, 2.05) is 11.8 Å². The molecular formula is C12H16N2O2S2. The van der Waals surface area contributed by atoms with E-state index in [0.29, 0.717) is 0 Å². The van der Waals surface area contributed by atoms with Crippen LogP contribution in [0.2, 0.25) is 0 Å². The first-order chi connectivity index (χ1) is 8.75. The highest BCUT2D eigenvalue weighted by Crippen LogP contribution is 2.38. The number of hydrogen-bond donors (Lipinski definition) is 1. The fourth-order valence-corrected chi connectivity index (χ4v) is 4.65. The van der Waals surface area contributed by atoms with E-state index in [4.69, 9.17) is 0 Å². The minimum absolute atomic E-state index is 0.377. The summed E-state index contributed by atoms with van der Waals surface area (Å²) in [5, 5.41) is 10.3. The van der Waals surface area contributed by atoms with Gasteiger partial charge in [0.15, 0.2) is 5.13 Å². The fourth-order valence-electron chi connectivity index (χ4n) is 2.54. The SMILES string of the molecule is O=C(O)C1CCCc2sc(N3CCSCC3)nc21. The molecule has 0 aromatic carbocycles. The number of thioether (sulfide) groups is 1. The van der Waals surface area contributed by atoms with Crippen LogP contribution >= 0.6 is 23.1 Å². The van der Waals surface area contributed by atoms with Gasteiger partial charge >= 0.3 is 5.97 Å². The molecule has 1 aliphatic carbocycles. The number of carboxylic acid groups (broad SMARTS) is 1. The van der Waals surface area contributed by atoms with Crippen LogP contribution in [0.5, 0.6) is 0 Å². The molecule has 4 nitrogen and oxygen atoms in total. The lowest BCUT2D eigenvalue weighted by molar-refractivity contribution is -0.139. The fraction of sp³-hybridized carbons (Fsp3) is 0.667. The van der Waals surface area contributed by atoms with E-state index in [1.54, 1.807) is 11.3 Å². The van der Waals surface area contributed by atoms with E-state index in [1.165, 1.54) is 4.88 Å². The smallest absolute Gasteiger partial charge is 0.312 e. The van der Waals surface area contributed by atoms with Crippen LogP contribution in [-0.4, -0.2) is 40.7 Å². The minimum Gasteiger partial charge on any atom is -0.481 e. The molecule has 0 saturated carbocycles. The summed E-state index contributed by atoms with van der Waals surface area (Å²) < 4.78 is 0. The molecule has 2 aliphatic rings. The molecule has 0 radical (unpaired) electrons. The molecule has 2 heterocycles. The summed E-state index contributed by atoms with van der Waals surface area (Å²) in [6.45, 7) is 2.07. The van der Waals surface area contributed by atoms with Crippen LogP contribution in [0, 0.1) is 0 Å². The molecule has 1 unspecified atom stereocenters. The first kappa shape index (κ1) is 12.3. The number of carboxylic acids is 1. The quantitative estimate of drug-likeness (QED) is 0.902. The molecule has 0 spiro atoms. The van der Waals surface area contributed by atoms with Crippen molar-refractivity contribution in [1.29, 1.82) is 0 Å². The predicted molar refractivity (Wildman–Crippen MR) is 75.0 cm³/mol. The van der Waals surface area contributed by atoms with Gasteiger partial charge in [0.2, 0.25) is 0 Å². The van der Waals surface area contributed by atoms with Crippen molar-refractivity contribution in [3.05, 3.63) is 10.6 Å². The number of fused-ring (bicyclic) bond motifs is 1. The summed E-state index contributed by atoms with van der Waals surface area (Å²) in [5.41, 5.74) is 0.840. The number of aliphatic carboxylic acids is 1. The third-order valence-corrected chi connectivity index (χ3v) is 5.66. The Kier molecular flexibility index (Phi) is 3.48. The number of aryl methyl sites for hydroxylation is 1. The van der Waals surface area contributed by atoms with Crippen molar-refractivity contribution < 1.29 is 9.90 Å². The van der Waals surface area contributed by atoms with Crippen molar-refractivity contribution in [3.8, 4) is 0 Å². The van der Waals surface area contributed by atoms with Gasteiger partial charge in [-0.25, -0.2) is 4.98 Å². The van der Waals surface area contributed by atoms with E-state index in [0.717, 1.165) is 54.7 Å². The number of thiazole rings is 1. The second kappa shape index (κ2) is 5.09. The Hall–Kier alpha value is -0.750. The van der Waals surface area contributed by atoms with Crippen LogP contribution in [0.3, 0.4) is 0 Å². The molecule has 1 atom stereocenters. The molecule has 98 valence electrons. The van der Waals surface area contributed by atoms with Crippen molar-refractivity contribution in [3.63, 3.8) is 0 Å². The number of hydrogen-bond acceptors (Lipinski definition) is 5. The van der Waals surface area contributed by atoms with Crippen molar-refractivity contribution >= 4 is 34.2 Å². The normalized spacial score (nSPS) is 23.8. The maximum absolute atomic E-state index is 11.3. The van der Waals surface area contributed by atoms with Crippen molar-refractivity contribution in [2.45, 2.75) is 25.2 Å². The number of aromatic nitrogens is 1. The zero-order valence-corrected chi connectivity index (χ0v) is 11.7. The highest BCUT2D eigenvalue weighted by Gasteiger charge is 2.31. The zero-order chi connectivity index (χ0) is 12.5. The highest BCUT2D eigenvalue weighted by atomic mass is 32.2. The number of anilines is 1. The molecule has 1 aromatic heterocycles. The summed E-state index contributed by atoms with van der Waals surface area (Å²) >= 11 is 3.68. The lowest BCUT2D eigenvalue weighted by Crippen LogP contribution is -2.32. The van der Waals surface area contributed by atoms with Gasteiger partial charge in [-0.2, -0.15) is 11.8 Å². The largest absolute Gasteiger partial charge is 0.481 e. The summed E-state index contributed by atoms with van der Waals surface area (Å²) in [5.74, 6) is 1.19. The Labute approximate surface area is 114 Å². The topological polar surface area (TPSA) is 53.4 Å². The predicted octanol–water partition coefficient (Wildman–Crippen LogP) is 2.20. The molecule has 0 amide bonds. The molecule has 3 rings (SSSR count). The Morgan fingerprint density at radius 2 is 2.17 bits per heavy atom. The molecule has 6 heteroatoms. The van der Waals surface area contributed by atoms with Gasteiger partial charge in [0, 0.05) is 29.5 Å². The van der Waals surface area contributed by atoms with E-state index in [2.05, 4.69) is 9.88 Å². The average molecular weight is 284 g/mol. The molecule has 1 aromatic rings. The summed E-state index contributed by atoms with van der Waals surface area (Å²) in [6, 6.07) is 0. The first-order valence-electron chi connectivity index (χ1n) is 6.31. The number of carbonyl (C=O) groups is 1. The Morgan fingerprint density at radius 1 is 1.39 bits per heavy atom. The van der Waals surface area contributed by atoms with E-state index >= 15 is 0 Å². The monoisotopic (exact) mass is 284 g/mol. The van der Waals surface area contributed by atoms with E-state index in [-0.39, 0.29) is 5.92 Å². The Morgan fingerprint density at radius 3 is 2.89 bits per heavy atom. The van der Waals surface area contributed by atoms with Crippen LogP contribution < -0.4 is 4.90 Å². The standard InChI is InChI=1S/C12H16N2O2S2/c15-11(16)8-2-1-3-9-10(8)13-12(18-9)14-4-6-17-7-5-14/h8H,1-7H2,(H,15,16). The van der Waals surface area contributed by atoms with Crippen molar-refractivity contribution in [2.24, 2.45) is 0 Å². The lowest BCUT2D eigenvalue weighted by atomic mass is 9.91. The van der Waals surface area contributed by atoms with Crippen LogP contribution in [0.25, 0.3) is 0 Å². The molecular weight excluding hydrogens is 268 g/mol. The van der Waals surface area contributed by atoms with E-state index < -0.39 is 5.97 Å². The van der Waals surface area contributed by atoms with Crippen LogP contribution in [-0.2, 0) is 11.2 Å². The summed E-state index contributed by atoms with van der Waals surface area (Å²) in [6.07, 6.45) is 2.71. The van der Waals surface area contributed by atoms with Gasteiger partial charge in [-0.15, -0.1) is 11.3 Å². The van der Waals surface area contributed by atoms with Gasteiger partial charge in [-0.05, 0) is 19.3 Å². The van der Waals surface area contributed by atoms with Gasteiger partial charge in [-0.1, -0.05) is 0 Å². The molecule has 1 aliphatic heterocycles. The van der Waals surface area contributed by atoms with Gasteiger partial charge in [0.1, 0.15) is 5.92 Å².